The first-order valence-corrected chi connectivity index (χ1v) is 5.04. The minimum atomic E-state index is 0.283. The monoisotopic (exact) mass is 243 g/mol. The van der Waals surface area contributed by atoms with E-state index in [1.165, 1.54) is 5.56 Å². The number of aromatic hydroxyl groups is 1. The highest BCUT2D eigenvalue weighted by molar-refractivity contribution is 9.10. The molecule has 0 saturated carbocycles. The van der Waals surface area contributed by atoms with Gasteiger partial charge in [-0.15, -0.1) is 0 Å². The fourth-order valence-electron chi connectivity index (χ4n) is 1.34. The average Bonchev–Trinajstić information content (AvgIpc) is 2.10. The van der Waals surface area contributed by atoms with Crippen molar-refractivity contribution in [1.29, 1.82) is 0 Å². The van der Waals surface area contributed by atoms with Gasteiger partial charge in [-0.3, -0.25) is 0 Å². The lowest BCUT2D eigenvalue weighted by Crippen LogP contribution is -2.10. The Morgan fingerprint density at radius 3 is 2.69 bits per heavy atom. The van der Waals surface area contributed by atoms with Crippen molar-refractivity contribution in [2.75, 3.05) is 6.54 Å². The van der Waals surface area contributed by atoms with Crippen LogP contribution >= 0.6 is 15.9 Å². The number of phenolic OH excluding ortho intramolecular Hbond substituents is 1. The molecule has 3 heteroatoms. The minimum absolute atomic E-state index is 0.283. The van der Waals surface area contributed by atoms with Gasteiger partial charge in [-0.25, -0.2) is 0 Å². The molecule has 0 aliphatic heterocycles. The van der Waals surface area contributed by atoms with Crippen molar-refractivity contribution < 1.29 is 5.11 Å². The molecule has 1 unspecified atom stereocenters. The summed E-state index contributed by atoms with van der Waals surface area (Å²) in [5, 5.41) is 9.40. The molecule has 3 N–H and O–H groups in total. The second kappa shape index (κ2) is 4.11. The molecule has 0 heterocycles. The Morgan fingerprint density at radius 2 is 2.15 bits per heavy atom. The van der Waals surface area contributed by atoms with Gasteiger partial charge in [-0.2, -0.15) is 0 Å². The van der Waals surface area contributed by atoms with Gasteiger partial charge in [-0.05, 0) is 58.6 Å². The Kier molecular flexibility index (Phi) is 3.33. The molecule has 0 spiro atoms. The molecule has 0 saturated heterocycles. The van der Waals surface area contributed by atoms with Crippen LogP contribution in [0, 0.1) is 6.92 Å². The zero-order valence-electron chi connectivity index (χ0n) is 7.84. The van der Waals surface area contributed by atoms with E-state index >= 15 is 0 Å². The maximum atomic E-state index is 9.40. The smallest absolute Gasteiger partial charge is 0.130 e. The molecule has 0 aliphatic carbocycles. The summed E-state index contributed by atoms with van der Waals surface area (Å²) in [7, 11) is 0. The molecular formula is C10H14BrNO. The zero-order chi connectivity index (χ0) is 10.0. The summed E-state index contributed by atoms with van der Waals surface area (Å²) in [4.78, 5) is 0. The van der Waals surface area contributed by atoms with Crippen LogP contribution in [0.1, 0.15) is 24.0 Å². The number of halogens is 1. The lowest BCUT2D eigenvalue weighted by Gasteiger charge is -2.13. The predicted octanol–water partition coefficient (Wildman–Crippen LogP) is 2.53. The van der Waals surface area contributed by atoms with Gasteiger partial charge in [0.15, 0.2) is 0 Å². The first-order chi connectivity index (χ1) is 6.06. The summed E-state index contributed by atoms with van der Waals surface area (Å²) in [5.74, 6) is 0.613. The Hall–Kier alpha value is -0.540. The molecular weight excluding hydrogens is 230 g/mol. The van der Waals surface area contributed by atoms with Gasteiger partial charge in [0, 0.05) is 0 Å². The Balaban J connectivity index is 3.15. The highest BCUT2D eigenvalue weighted by Gasteiger charge is 2.09. The number of aryl methyl sites for hydroxylation is 1. The normalized spacial score (nSPS) is 12.9. The van der Waals surface area contributed by atoms with E-state index < -0.39 is 0 Å². The zero-order valence-corrected chi connectivity index (χ0v) is 9.43. The van der Waals surface area contributed by atoms with Crippen molar-refractivity contribution in [1.82, 2.24) is 0 Å². The van der Waals surface area contributed by atoms with Gasteiger partial charge in [-0.1, -0.05) is 6.92 Å². The van der Waals surface area contributed by atoms with Crippen LogP contribution in [0.25, 0.3) is 0 Å². The van der Waals surface area contributed by atoms with E-state index in [2.05, 4.69) is 22.9 Å². The number of phenols is 1. The molecule has 0 fully saturated rings. The maximum absolute atomic E-state index is 9.40. The summed E-state index contributed by atoms with van der Waals surface area (Å²) in [6.45, 7) is 4.68. The largest absolute Gasteiger partial charge is 0.507 e. The third-order valence-corrected chi connectivity index (χ3v) is 2.86. The van der Waals surface area contributed by atoms with Crippen LogP contribution in [0.2, 0.25) is 0 Å². The highest BCUT2D eigenvalue weighted by atomic mass is 79.9. The number of hydrogen-bond acceptors (Lipinski definition) is 2. The third kappa shape index (κ3) is 2.23. The van der Waals surface area contributed by atoms with Crippen molar-refractivity contribution in [2.24, 2.45) is 5.73 Å². The minimum Gasteiger partial charge on any atom is -0.507 e. The van der Waals surface area contributed by atoms with Crippen molar-refractivity contribution in [3.8, 4) is 5.75 Å². The fraction of sp³-hybridized carbons (Fsp3) is 0.400. The summed E-state index contributed by atoms with van der Waals surface area (Å²) < 4.78 is 0.730. The van der Waals surface area contributed by atoms with Crippen LogP contribution in [0.3, 0.4) is 0 Å². The van der Waals surface area contributed by atoms with Crippen LogP contribution in [0.5, 0.6) is 5.75 Å². The molecule has 0 aliphatic rings. The van der Waals surface area contributed by atoms with Crippen LogP contribution < -0.4 is 5.73 Å². The van der Waals surface area contributed by atoms with E-state index in [4.69, 9.17) is 5.73 Å². The lowest BCUT2D eigenvalue weighted by atomic mass is 9.96. The molecule has 0 bridgehead atoms. The van der Waals surface area contributed by atoms with E-state index in [9.17, 15) is 5.11 Å². The molecule has 1 atom stereocenters. The van der Waals surface area contributed by atoms with Crippen molar-refractivity contribution in [2.45, 2.75) is 19.8 Å². The van der Waals surface area contributed by atoms with Gasteiger partial charge in [0.2, 0.25) is 0 Å². The molecule has 0 aromatic heterocycles. The predicted molar refractivity (Wildman–Crippen MR) is 58.0 cm³/mol. The van der Waals surface area contributed by atoms with E-state index in [0.717, 1.165) is 10.0 Å². The van der Waals surface area contributed by atoms with Crippen LogP contribution in [0.4, 0.5) is 0 Å². The SMILES string of the molecule is Cc1cc(O)c(Br)cc1C(C)CN. The Morgan fingerprint density at radius 1 is 1.54 bits per heavy atom. The third-order valence-electron chi connectivity index (χ3n) is 2.22. The van der Waals surface area contributed by atoms with Gasteiger partial charge in [0.1, 0.15) is 5.75 Å². The highest BCUT2D eigenvalue weighted by Crippen LogP contribution is 2.30. The first-order valence-electron chi connectivity index (χ1n) is 4.25. The topological polar surface area (TPSA) is 46.2 Å². The van der Waals surface area contributed by atoms with Gasteiger partial charge < -0.3 is 10.8 Å². The van der Waals surface area contributed by atoms with E-state index in [0.29, 0.717) is 12.5 Å². The standard InChI is InChI=1S/C10H14BrNO/c1-6-3-10(13)9(11)4-8(6)7(2)5-12/h3-4,7,13H,5,12H2,1-2H3. The van der Waals surface area contributed by atoms with E-state index in [1.807, 2.05) is 13.0 Å². The van der Waals surface area contributed by atoms with Gasteiger partial charge in [0.25, 0.3) is 0 Å². The second-order valence-corrected chi connectivity index (χ2v) is 4.15. The molecule has 1 rings (SSSR count). The summed E-state index contributed by atoms with van der Waals surface area (Å²) in [6, 6.07) is 3.69. The van der Waals surface area contributed by atoms with Crippen LogP contribution in [-0.4, -0.2) is 11.7 Å². The molecule has 0 amide bonds. The molecule has 0 radical (unpaired) electrons. The molecule has 2 nitrogen and oxygen atoms in total. The van der Waals surface area contributed by atoms with Crippen molar-refractivity contribution >= 4 is 15.9 Å². The quantitative estimate of drug-likeness (QED) is 0.839. The lowest BCUT2D eigenvalue weighted by molar-refractivity contribution is 0.471. The molecule has 1 aromatic carbocycles. The summed E-state index contributed by atoms with van der Waals surface area (Å²) in [6.07, 6.45) is 0. The fourth-order valence-corrected chi connectivity index (χ4v) is 1.70. The van der Waals surface area contributed by atoms with Gasteiger partial charge >= 0.3 is 0 Å². The average molecular weight is 244 g/mol. The molecule has 72 valence electrons. The van der Waals surface area contributed by atoms with E-state index in [-0.39, 0.29) is 5.75 Å². The summed E-state index contributed by atoms with van der Waals surface area (Å²) in [5.41, 5.74) is 7.85. The molecule has 1 aromatic rings. The van der Waals surface area contributed by atoms with Crippen LogP contribution in [-0.2, 0) is 0 Å². The van der Waals surface area contributed by atoms with Crippen molar-refractivity contribution in [3.05, 3.63) is 27.7 Å². The first kappa shape index (κ1) is 10.5. The van der Waals surface area contributed by atoms with Gasteiger partial charge in [0.05, 0.1) is 4.47 Å². The maximum Gasteiger partial charge on any atom is 0.130 e. The number of rotatable bonds is 2. The second-order valence-electron chi connectivity index (χ2n) is 3.30. The Labute approximate surface area is 86.9 Å². The number of nitrogens with two attached hydrogens (primary N) is 1. The Bertz CT molecular complexity index is 312. The van der Waals surface area contributed by atoms with Crippen molar-refractivity contribution in [3.63, 3.8) is 0 Å². The van der Waals surface area contributed by atoms with E-state index in [1.54, 1.807) is 6.07 Å². The number of benzene rings is 1. The van der Waals surface area contributed by atoms with Crippen LogP contribution in [0.15, 0.2) is 16.6 Å². The number of hydrogen-bond donors (Lipinski definition) is 2. The summed E-state index contributed by atoms with van der Waals surface area (Å²) >= 11 is 3.29. The molecule has 13 heavy (non-hydrogen) atoms.